The zero-order valence-electron chi connectivity index (χ0n) is 14.4. The Hall–Kier alpha value is -2.18. The Kier molecular flexibility index (Phi) is 6.73. The quantitative estimate of drug-likeness (QED) is 0.733. The van der Waals surface area contributed by atoms with Crippen molar-refractivity contribution < 1.29 is 17.9 Å². The Morgan fingerprint density at radius 1 is 1.08 bits per heavy atom. The number of aryl methyl sites for hydroxylation is 1. The fraction of sp³-hybridized carbons (Fsp3) is 0.316. The minimum Gasteiger partial charge on any atom is -0.468 e. The van der Waals surface area contributed by atoms with Gasteiger partial charge in [-0.2, -0.15) is 4.72 Å². The number of nitrogens with one attached hydrogen (secondary N) is 1. The average Bonchev–Trinajstić information content (AvgIpc) is 2.65. The molecule has 0 radical (unpaired) electrons. The molecule has 1 N–H and O–H groups in total. The topological polar surface area (TPSA) is 72.5 Å². The van der Waals surface area contributed by atoms with E-state index in [0.29, 0.717) is 5.56 Å². The molecule has 0 aliphatic rings. The number of methoxy groups -OCH3 is 1. The molecule has 0 saturated carbocycles. The van der Waals surface area contributed by atoms with Crippen molar-refractivity contribution in [1.29, 1.82) is 0 Å². The van der Waals surface area contributed by atoms with Crippen molar-refractivity contribution in [2.24, 2.45) is 0 Å². The highest BCUT2D eigenvalue weighted by Crippen LogP contribution is 2.19. The summed E-state index contributed by atoms with van der Waals surface area (Å²) in [5, 5.41) is 0. The predicted molar refractivity (Wildman–Crippen MR) is 96.6 cm³/mol. The second-order valence-electron chi connectivity index (χ2n) is 5.74. The van der Waals surface area contributed by atoms with Crippen LogP contribution in [0.15, 0.2) is 59.5 Å². The van der Waals surface area contributed by atoms with Crippen molar-refractivity contribution in [3.63, 3.8) is 0 Å². The van der Waals surface area contributed by atoms with E-state index in [2.05, 4.69) is 11.6 Å². The number of carbonyl (C=O) groups excluding carboxylic acids is 1. The number of ether oxygens (including phenoxy) is 1. The van der Waals surface area contributed by atoms with E-state index in [-0.39, 0.29) is 4.90 Å². The number of esters is 1. The van der Waals surface area contributed by atoms with Gasteiger partial charge in [0.1, 0.15) is 6.04 Å². The third kappa shape index (κ3) is 5.14. The number of rotatable bonds is 8. The van der Waals surface area contributed by atoms with Crippen LogP contribution in [0.25, 0.3) is 0 Å². The van der Waals surface area contributed by atoms with E-state index in [1.165, 1.54) is 7.11 Å². The van der Waals surface area contributed by atoms with Crippen molar-refractivity contribution in [3.05, 3.63) is 65.7 Å². The summed E-state index contributed by atoms with van der Waals surface area (Å²) in [6.45, 7) is 2.11. The van der Waals surface area contributed by atoms with E-state index >= 15 is 0 Å². The molecular formula is C19H23NO4S. The highest BCUT2D eigenvalue weighted by atomic mass is 32.2. The molecule has 0 heterocycles. The maximum absolute atomic E-state index is 12.6. The molecule has 1 unspecified atom stereocenters. The van der Waals surface area contributed by atoms with Gasteiger partial charge in [-0.15, -0.1) is 0 Å². The van der Waals surface area contributed by atoms with E-state index in [0.717, 1.165) is 24.8 Å². The summed E-state index contributed by atoms with van der Waals surface area (Å²) in [5.74, 6) is -0.658. The molecule has 6 heteroatoms. The maximum Gasteiger partial charge on any atom is 0.328 e. The predicted octanol–water partition coefficient (Wildman–Crippen LogP) is 3.22. The average molecular weight is 361 g/mol. The molecule has 0 aromatic heterocycles. The van der Waals surface area contributed by atoms with Crippen molar-refractivity contribution >= 4 is 16.0 Å². The molecule has 0 fully saturated rings. The number of carbonyl (C=O) groups is 1. The van der Waals surface area contributed by atoms with Crippen LogP contribution in [-0.2, 0) is 26.0 Å². The zero-order chi connectivity index (χ0) is 18.3. The summed E-state index contributed by atoms with van der Waals surface area (Å²) in [4.78, 5) is 12.2. The lowest BCUT2D eigenvalue weighted by Crippen LogP contribution is -2.34. The molecule has 1 atom stereocenters. The minimum absolute atomic E-state index is 0.123. The summed E-state index contributed by atoms with van der Waals surface area (Å²) in [6, 6.07) is 14.3. The first kappa shape index (κ1) is 19.1. The molecule has 0 aliphatic heterocycles. The summed E-state index contributed by atoms with van der Waals surface area (Å²) in [5.41, 5.74) is 1.62. The van der Waals surface area contributed by atoms with Crippen LogP contribution >= 0.6 is 0 Å². The number of benzene rings is 2. The van der Waals surface area contributed by atoms with Crippen molar-refractivity contribution in [1.82, 2.24) is 4.72 Å². The first-order valence-electron chi connectivity index (χ1n) is 8.22. The summed E-state index contributed by atoms with van der Waals surface area (Å²) in [6.07, 6.45) is 3.06. The van der Waals surface area contributed by atoms with Gasteiger partial charge in [0.05, 0.1) is 12.0 Å². The Bertz CT molecular complexity index is 786. The molecule has 0 aliphatic carbocycles. The molecule has 25 heavy (non-hydrogen) atoms. The van der Waals surface area contributed by atoms with Gasteiger partial charge in [0, 0.05) is 0 Å². The first-order valence-corrected chi connectivity index (χ1v) is 9.70. The van der Waals surface area contributed by atoms with Gasteiger partial charge in [0.2, 0.25) is 10.0 Å². The lowest BCUT2D eigenvalue weighted by Gasteiger charge is -2.17. The monoisotopic (exact) mass is 361 g/mol. The van der Waals surface area contributed by atoms with Crippen molar-refractivity contribution in [2.75, 3.05) is 7.11 Å². The second kappa shape index (κ2) is 8.78. The Balaban J connectivity index is 2.23. The van der Waals surface area contributed by atoms with Gasteiger partial charge in [-0.25, -0.2) is 13.2 Å². The van der Waals surface area contributed by atoms with Gasteiger partial charge in [-0.1, -0.05) is 55.8 Å². The Morgan fingerprint density at radius 2 is 1.72 bits per heavy atom. The van der Waals surface area contributed by atoms with E-state index in [9.17, 15) is 13.2 Å². The standard InChI is InChI=1S/C19H23NO4S/c1-3-4-8-15-11-13-17(14-12-15)25(22,23)20-18(19(21)24-2)16-9-6-5-7-10-16/h5-7,9-14,18,20H,3-4,8H2,1-2H3. The summed E-state index contributed by atoms with van der Waals surface area (Å²) in [7, 11) is -2.62. The van der Waals surface area contributed by atoms with Crippen LogP contribution < -0.4 is 4.72 Å². The molecule has 2 rings (SSSR count). The van der Waals surface area contributed by atoms with Crippen LogP contribution in [0.1, 0.15) is 36.9 Å². The van der Waals surface area contributed by atoms with Crippen LogP contribution in [0, 0.1) is 0 Å². The maximum atomic E-state index is 12.6. The smallest absolute Gasteiger partial charge is 0.328 e. The zero-order valence-corrected chi connectivity index (χ0v) is 15.3. The Morgan fingerprint density at radius 3 is 2.28 bits per heavy atom. The highest BCUT2D eigenvalue weighted by Gasteiger charge is 2.27. The van der Waals surface area contributed by atoms with Crippen LogP contribution in [0.4, 0.5) is 0 Å². The first-order chi connectivity index (χ1) is 12.0. The molecular weight excluding hydrogens is 338 g/mol. The highest BCUT2D eigenvalue weighted by molar-refractivity contribution is 7.89. The third-order valence-electron chi connectivity index (χ3n) is 3.90. The van der Waals surface area contributed by atoms with Gasteiger partial charge >= 0.3 is 5.97 Å². The molecule has 2 aromatic carbocycles. The number of unbranched alkanes of at least 4 members (excludes halogenated alkanes) is 1. The van der Waals surface area contributed by atoms with Crippen LogP contribution in [0.3, 0.4) is 0 Å². The number of hydrogen-bond acceptors (Lipinski definition) is 4. The summed E-state index contributed by atoms with van der Waals surface area (Å²) < 4.78 is 32.5. The van der Waals surface area contributed by atoms with Gasteiger partial charge < -0.3 is 4.74 Å². The molecule has 0 spiro atoms. The summed E-state index contributed by atoms with van der Waals surface area (Å²) >= 11 is 0. The number of sulfonamides is 1. The van der Waals surface area contributed by atoms with Gasteiger partial charge in [-0.05, 0) is 36.1 Å². The van der Waals surface area contributed by atoms with Gasteiger partial charge in [0.25, 0.3) is 0 Å². The normalized spacial score (nSPS) is 12.6. The van der Waals surface area contributed by atoms with Gasteiger partial charge in [0.15, 0.2) is 0 Å². The van der Waals surface area contributed by atoms with E-state index in [4.69, 9.17) is 4.74 Å². The Labute approximate surface area is 149 Å². The van der Waals surface area contributed by atoms with Crippen molar-refractivity contribution in [2.45, 2.75) is 37.1 Å². The fourth-order valence-electron chi connectivity index (χ4n) is 2.45. The van der Waals surface area contributed by atoms with Gasteiger partial charge in [-0.3, -0.25) is 0 Å². The van der Waals surface area contributed by atoms with E-state index < -0.39 is 22.0 Å². The molecule has 0 bridgehead atoms. The number of hydrogen-bond donors (Lipinski definition) is 1. The SMILES string of the molecule is CCCCc1ccc(S(=O)(=O)NC(C(=O)OC)c2ccccc2)cc1. The lowest BCUT2D eigenvalue weighted by molar-refractivity contribution is -0.142. The largest absolute Gasteiger partial charge is 0.468 e. The molecule has 134 valence electrons. The fourth-order valence-corrected chi connectivity index (χ4v) is 3.63. The molecule has 0 saturated heterocycles. The van der Waals surface area contributed by atoms with Crippen molar-refractivity contribution in [3.8, 4) is 0 Å². The van der Waals surface area contributed by atoms with Crippen LogP contribution in [0.5, 0.6) is 0 Å². The minimum atomic E-state index is -3.85. The third-order valence-corrected chi connectivity index (χ3v) is 5.33. The molecule has 0 amide bonds. The van der Waals surface area contributed by atoms with Crippen LogP contribution in [-0.4, -0.2) is 21.5 Å². The molecule has 2 aromatic rings. The lowest BCUT2D eigenvalue weighted by atomic mass is 10.1. The van der Waals surface area contributed by atoms with Crippen LogP contribution in [0.2, 0.25) is 0 Å². The second-order valence-corrected chi connectivity index (χ2v) is 7.45. The van der Waals surface area contributed by atoms with E-state index in [1.54, 1.807) is 54.6 Å². The van der Waals surface area contributed by atoms with E-state index in [1.807, 2.05) is 0 Å². The molecule has 5 nitrogen and oxygen atoms in total.